The second kappa shape index (κ2) is 9.54. The molecule has 1 aliphatic rings. The molecule has 4 rings (SSSR count). The number of hydrogen-bond acceptors (Lipinski definition) is 4. The topological polar surface area (TPSA) is 74.4 Å². The number of H-pyrrole nitrogens is 1. The minimum absolute atomic E-state index is 0.00303. The van der Waals surface area contributed by atoms with Gasteiger partial charge in [0.25, 0.3) is 5.56 Å². The van der Waals surface area contributed by atoms with Gasteiger partial charge in [0.05, 0.1) is 12.5 Å². The SMILES string of the molecule is COCCNC(=O)C1CCCN(c2c(-c3ccccc3)c3cc(Cl)ccc3[nH]c2=O)C1. The van der Waals surface area contributed by atoms with E-state index in [1.54, 1.807) is 13.2 Å². The first-order chi connectivity index (χ1) is 15.1. The molecule has 0 radical (unpaired) electrons. The highest BCUT2D eigenvalue weighted by Crippen LogP contribution is 2.37. The summed E-state index contributed by atoms with van der Waals surface area (Å²) >= 11 is 6.31. The second-order valence-corrected chi connectivity index (χ2v) is 8.24. The number of nitrogens with zero attached hydrogens (tertiary/aromatic N) is 1. The smallest absolute Gasteiger partial charge is 0.272 e. The zero-order valence-corrected chi connectivity index (χ0v) is 18.2. The number of carbonyl (C=O) groups is 1. The molecule has 1 fully saturated rings. The summed E-state index contributed by atoms with van der Waals surface area (Å²) in [5, 5.41) is 4.43. The van der Waals surface area contributed by atoms with Gasteiger partial charge in [0, 0.05) is 48.2 Å². The zero-order chi connectivity index (χ0) is 21.8. The molecule has 3 aromatic rings. The lowest BCUT2D eigenvalue weighted by molar-refractivity contribution is -0.125. The molecule has 0 bridgehead atoms. The summed E-state index contributed by atoms with van der Waals surface area (Å²) in [6, 6.07) is 15.4. The standard InChI is InChI=1S/C24H26ClN3O3/c1-31-13-11-26-23(29)17-8-5-12-28(15-17)22-21(16-6-3-2-4-7-16)19-14-18(25)9-10-20(19)27-24(22)30/h2-4,6-7,9-10,14,17H,5,8,11-13,15H2,1H3,(H,26,29)(H,27,30). The third-order valence-corrected chi connectivity index (χ3v) is 5.96. The van der Waals surface area contributed by atoms with Gasteiger partial charge in [-0.3, -0.25) is 9.59 Å². The molecular weight excluding hydrogens is 414 g/mol. The fourth-order valence-electron chi connectivity index (χ4n) is 4.27. The first-order valence-corrected chi connectivity index (χ1v) is 10.9. The lowest BCUT2D eigenvalue weighted by atomic mass is 9.94. The number of amides is 1. The fraction of sp³-hybridized carbons (Fsp3) is 0.333. The molecule has 0 saturated carbocycles. The number of nitrogens with one attached hydrogen (secondary N) is 2. The van der Waals surface area contributed by atoms with Crippen molar-refractivity contribution in [1.29, 1.82) is 0 Å². The molecule has 162 valence electrons. The fourth-order valence-corrected chi connectivity index (χ4v) is 4.44. The van der Waals surface area contributed by atoms with E-state index in [4.69, 9.17) is 16.3 Å². The largest absolute Gasteiger partial charge is 0.383 e. The number of fused-ring (bicyclic) bond motifs is 1. The van der Waals surface area contributed by atoms with Crippen molar-refractivity contribution in [2.75, 3.05) is 38.3 Å². The van der Waals surface area contributed by atoms with E-state index in [1.807, 2.05) is 47.4 Å². The summed E-state index contributed by atoms with van der Waals surface area (Å²) in [6.45, 7) is 2.17. The first kappa shape index (κ1) is 21.4. The number of ether oxygens (including phenoxy) is 1. The van der Waals surface area contributed by atoms with E-state index in [0.29, 0.717) is 30.4 Å². The molecule has 1 aromatic heterocycles. The molecule has 1 aliphatic heterocycles. The molecule has 0 aliphatic carbocycles. The highest BCUT2D eigenvalue weighted by Gasteiger charge is 2.29. The molecule has 31 heavy (non-hydrogen) atoms. The maximum absolute atomic E-state index is 13.3. The third kappa shape index (κ3) is 4.60. The summed E-state index contributed by atoms with van der Waals surface area (Å²) in [6.07, 6.45) is 1.64. The summed E-state index contributed by atoms with van der Waals surface area (Å²) < 4.78 is 5.02. The second-order valence-electron chi connectivity index (χ2n) is 7.80. The number of aromatic amines is 1. The molecule has 6 nitrogen and oxygen atoms in total. The van der Waals surface area contributed by atoms with Crippen LogP contribution in [0.2, 0.25) is 5.02 Å². The number of carbonyl (C=O) groups excluding carboxylic acids is 1. The van der Waals surface area contributed by atoms with Crippen molar-refractivity contribution in [2.45, 2.75) is 12.8 Å². The Labute approximate surface area is 186 Å². The monoisotopic (exact) mass is 439 g/mol. The van der Waals surface area contributed by atoms with E-state index in [2.05, 4.69) is 10.3 Å². The molecule has 7 heteroatoms. The van der Waals surface area contributed by atoms with E-state index in [9.17, 15) is 9.59 Å². The predicted molar refractivity (Wildman–Crippen MR) is 125 cm³/mol. The van der Waals surface area contributed by atoms with Gasteiger partial charge in [-0.15, -0.1) is 0 Å². The molecule has 1 amide bonds. The van der Waals surface area contributed by atoms with E-state index in [-0.39, 0.29) is 17.4 Å². The molecule has 2 aromatic carbocycles. The van der Waals surface area contributed by atoms with Crippen molar-refractivity contribution in [3.05, 3.63) is 63.9 Å². The summed E-state index contributed by atoms with van der Waals surface area (Å²) in [5.74, 6) is -0.174. The van der Waals surface area contributed by atoms with Crippen LogP contribution in [0.3, 0.4) is 0 Å². The van der Waals surface area contributed by atoms with Gasteiger partial charge in [-0.05, 0) is 36.6 Å². The van der Waals surface area contributed by atoms with E-state index in [0.717, 1.165) is 41.4 Å². The van der Waals surface area contributed by atoms with Crippen LogP contribution >= 0.6 is 11.6 Å². The third-order valence-electron chi connectivity index (χ3n) is 5.73. The number of hydrogen-bond donors (Lipinski definition) is 2. The number of piperidine rings is 1. The normalized spacial score (nSPS) is 16.5. The van der Waals surface area contributed by atoms with Gasteiger partial charge in [-0.25, -0.2) is 0 Å². The first-order valence-electron chi connectivity index (χ1n) is 10.5. The Morgan fingerprint density at radius 3 is 2.84 bits per heavy atom. The van der Waals surface area contributed by atoms with Gasteiger partial charge in [0.2, 0.25) is 5.91 Å². The molecule has 1 atom stereocenters. The van der Waals surface area contributed by atoms with Crippen LogP contribution in [0.15, 0.2) is 53.3 Å². The van der Waals surface area contributed by atoms with Gasteiger partial charge >= 0.3 is 0 Å². The molecule has 1 unspecified atom stereocenters. The van der Waals surface area contributed by atoms with Crippen LogP contribution in [0.25, 0.3) is 22.0 Å². The Bertz CT molecular complexity index is 1130. The number of benzene rings is 2. The van der Waals surface area contributed by atoms with Crippen LogP contribution in [0.1, 0.15) is 12.8 Å². The molecule has 2 N–H and O–H groups in total. The van der Waals surface area contributed by atoms with E-state index < -0.39 is 0 Å². The van der Waals surface area contributed by atoms with Crippen molar-refractivity contribution in [3.8, 4) is 11.1 Å². The number of aromatic nitrogens is 1. The summed E-state index contributed by atoms with van der Waals surface area (Å²) in [4.78, 5) is 31.0. The minimum Gasteiger partial charge on any atom is -0.383 e. The van der Waals surface area contributed by atoms with Gasteiger partial charge in [-0.2, -0.15) is 0 Å². The Morgan fingerprint density at radius 2 is 2.06 bits per heavy atom. The van der Waals surface area contributed by atoms with Crippen LogP contribution in [-0.2, 0) is 9.53 Å². The Balaban J connectivity index is 1.77. The van der Waals surface area contributed by atoms with Crippen LogP contribution in [0.4, 0.5) is 5.69 Å². The highest BCUT2D eigenvalue weighted by atomic mass is 35.5. The van der Waals surface area contributed by atoms with E-state index in [1.165, 1.54) is 0 Å². The van der Waals surface area contributed by atoms with Gasteiger partial charge in [0.1, 0.15) is 5.69 Å². The van der Waals surface area contributed by atoms with E-state index >= 15 is 0 Å². The number of halogens is 1. The average Bonchev–Trinajstić information content (AvgIpc) is 2.79. The number of anilines is 1. The summed E-state index contributed by atoms with van der Waals surface area (Å²) in [5.41, 5.74) is 2.97. The van der Waals surface area contributed by atoms with Crippen LogP contribution in [0, 0.1) is 5.92 Å². The van der Waals surface area contributed by atoms with Crippen molar-refractivity contribution < 1.29 is 9.53 Å². The molecule has 2 heterocycles. The van der Waals surface area contributed by atoms with Crippen LogP contribution in [-0.4, -0.2) is 44.2 Å². The molecule has 0 spiro atoms. The number of rotatable bonds is 6. The number of pyridine rings is 1. The Hall–Kier alpha value is -2.83. The summed E-state index contributed by atoms with van der Waals surface area (Å²) in [7, 11) is 1.61. The molecule has 1 saturated heterocycles. The van der Waals surface area contributed by atoms with Gasteiger partial charge < -0.3 is 19.9 Å². The highest BCUT2D eigenvalue weighted by molar-refractivity contribution is 6.31. The Kier molecular flexibility index (Phi) is 6.59. The maximum atomic E-state index is 13.3. The van der Waals surface area contributed by atoms with Crippen LogP contribution in [0.5, 0.6) is 0 Å². The molecular formula is C24H26ClN3O3. The van der Waals surface area contributed by atoms with Gasteiger partial charge in [0.15, 0.2) is 0 Å². The van der Waals surface area contributed by atoms with Crippen molar-refractivity contribution in [3.63, 3.8) is 0 Å². The maximum Gasteiger partial charge on any atom is 0.272 e. The lowest BCUT2D eigenvalue weighted by Gasteiger charge is -2.34. The number of methoxy groups -OCH3 is 1. The van der Waals surface area contributed by atoms with Crippen molar-refractivity contribution in [2.24, 2.45) is 5.92 Å². The zero-order valence-electron chi connectivity index (χ0n) is 17.5. The minimum atomic E-state index is -0.177. The van der Waals surface area contributed by atoms with Gasteiger partial charge in [-0.1, -0.05) is 41.9 Å². The van der Waals surface area contributed by atoms with Crippen LogP contribution < -0.4 is 15.8 Å². The average molecular weight is 440 g/mol. The lowest BCUT2D eigenvalue weighted by Crippen LogP contribution is -2.45. The predicted octanol–water partition coefficient (Wildman–Crippen LogP) is 3.83. The Morgan fingerprint density at radius 1 is 1.26 bits per heavy atom. The van der Waals surface area contributed by atoms with Crippen molar-refractivity contribution >= 4 is 34.1 Å². The van der Waals surface area contributed by atoms with Crippen molar-refractivity contribution in [1.82, 2.24) is 10.3 Å². The quantitative estimate of drug-likeness (QED) is 0.572.